The monoisotopic (exact) mass is 702 g/mol. The average Bonchev–Trinajstić information content (AvgIpc) is 3.07. The highest BCUT2D eigenvalue weighted by molar-refractivity contribution is 8.33. The van der Waals surface area contributed by atoms with E-state index in [9.17, 15) is 26.4 Å². The van der Waals surface area contributed by atoms with E-state index in [1.54, 1.807) is 60.7 Å². The van der Waals surface area contributed by atoms with Gasteiger partial charge >= 0.3 is 11.9 Å². The minimum atomic E-state index is -4.91. The average molecular weight is 703 g/mol. The predicted molar refractivity (Wildman–Crippen MR) is 179 cm³/mol. The van der Waals surface area contributed by atoms with Crippen LogP contribution in [0.15, 0.2) is 105 Å². The van der Waals surface area contributed by atoms with Gasteiger partial charge in [0, 0.05) is 20.9 Å². The Labute approximate surface area is 279 Å². The molecular formula is C35H42O9S3. The predicted octanol–water partition coefficient (Wildman–Crippen LogP) is 7.14. The van der Waals surface area contributed by atoms with Crippen molar-refractivity contribution in [2.45, 2.75) is 108 Å². The number of rotatable bonds is 12. The standard InChI is InChI=1S/C35H42O9S3/c1-45(38,39)29-22-24-32(25-23-29)46(30-18-10-4-11-19-30,31-20-12-5-13-21-31)44-47(40,41)33(35(37)43-28-16-8-3-9-17-28)26-34(36)42-27-14-6-2-7-15-27/h4-5,10-13,18-25,27-28,33H,2-3,6-9,14-17,26H2,1H3. The lowest BCUT2D eigenvalue weighted by molar-refractivity contribution is -0.157. The Morgan fingerprint density at radius 3 is 1.51 bits per heavy atom. The molecular weight excluding hydrogens is 661 g/mol. The van der Waals surface area contributed by atoms with E-state index >= 15 is 0 Å². The zero-order valence-corrected chi connectivity index (χ0v) is 28.9. The van der Waals surface area contributed by atoms with E-state index < -0.39 is 60.0 Å². The highest BCUT2D eigenvalue weighted by atomic mass is 32.3. The van der Waals surface area contributed by atoms with E-state index in [-0.39, 0.29) is 11.0 Å². The van der Waals surface area contributed by atoms with Crippen LogP contribution < -0.4 is 0 Å². The van der Waals surface area contributed by atoms with Gasteiger partial charge in [-0.15, -0.1) is 0 Å². The maximum absolute atomic E-state index is 14.6. The van der Waals surface area contributed by atoms with Gasteiger partial charge in [0.25, 0.3) is 10.1 Å². The molecule has 47 heavy (non-hydrogen) atoms. The Bertz CT molecular complexity index is 1670. The van der Waals surface area contributed by atoms with Crippen LogP contribution in [0.5, 0.6) is 0 Å². The third-order valence-corrected chi connectivity index (χ3v) is 15.1. The number of hydrogen-bond donors (Lipinski definition) is 0. The van der Waals surface area contributed by atoms with Gasteiger partial charge in [0.05, 0.1) is 11.3 Å². The molecule has 0 bridgehead atoms. The Balaban J connectivity index is 1.60. The van der Waals surface area contributed by atoms with E-state index in [0.717, 1.165) is 44.8 Å². The summed E-state index contributed by atoms with van der Waals surface area (Å²) in [5, 5.41) is -1.98. The SMILES string of the molecule is CS(=O)(=O)c1ccc(S(OS(=O)(=O)C(CC(=O)OC2CCCCC2)C(=O)OC2CCCCC2)(c2ccccc2)c2ccccc2)cc1. The molecule has 2 saturated carbocycles. The highest BCUT2D eigenvalue weighted by Gasteiger charge is 2.46. The largest absolute Gasteiger partial charge is 0.462 e. The van der Waals surface area contributed by atoms with Gasteiger partial charge in [-0.1, -0.05) is 49.2 Å². The van der Waals surface area contributed by atoms with E-state index in [1.165, 1.54) is 24.3 Å². The summed E-state index contributed by atoms with van der Waals surface area (Å²) in [6, 6.07) is 23.4. The number of ether oxygens (including phenoxy) is 2. The first-order valence-corrected chi connectivity index (χ1v) is 21.0. The van der Waals surface area contributed by atoms with Crippen LogP contribution in [0.4, 0.5) is 0 Å². The van der Waals surface area contributed by atoms with Crippen LogP contribution in [0.1, 0.15) is 70.6 Å². The molecule has 254 valence electrons. The molecule has 0 amide bonds. The summed E-state index contributed by atoms with van der Waals surface area (Å²) >= 11 is 0. The van der Waals surface area contributed by atoms with Crippen molar-refractivity contribution in [1.82, 2.24) is 0 Å². The first kappa shape index (κ1) is 35.1. The van der Waals surface area contributed by atoms with Gasteiger partial charge in [-0.25, -0.2) is 12.0 Å². The van der Waals surface area contributed by atoms with E-state index in [2.05, 4.69) is 0 Å². The highest BCUT2D eigenvalue weighted by Crippen LogP contribution is 2.70. The molecule has 0 saturated heterocycles. The number of hydrogen-bond acceptors (Lipinski definition) is 9. The molecule has 2 aliphatic carbocycles. The molecule has 5 rings (SSSR count). The Hall–Kier alpha value is -3.19. The normalized spacial score (nSPS) is 17.8. The van der Waals surface area contributed by atoms with Crippen molar-refractivity contribution < 1.29 is 39.5 Å². The molecule has 0 aliphatic heterocycles. The van der Waals surface area contributed by atoms with Gasteiger partial charge in [-0.2, -0.15) is 8.42 Å². The molecule has 9 nitrogen and oxygen atoms in total. The summed E-state index contributed by atoms with van der Waals surface area (Å²) in [4.78, 5) is 28.5. The molecule has 0 heterocycles. The number of carbonyl (C=O) groups excluding carboxylic acids is 2. The molecule has 12 heteroatoms. The van der Waals surface area contributed by atoms with Crippen molar-refractivity contribution >= 4 is 42.2 Å². The molecule has 0 aromatic heterocycles. The smallest absolute Gasteiger partial charge is 0.327 e. The van der Waals surface area contributed by atoms with Crippen molar-refractivity contribution in [3.63, 3.8) is 0 Å². The number of esters is 2. The van der Waals surface area contributed by atoms with Crippen LogP contribution in [0, 0.1) is 0 Å². The first-order valence-electron chi connectivity index (χ1n) is 16.1. The van der Waals surface area contributed by atoms with Crippen molar-refractivity contribution in [3.8, 4) is 0 Å². The second-order valence-corrected chi connectivity index (χ2v) is 18.8. The van der Waals surface area contributed by atoms with Gasteiger partial charge < -0.3 is 9.47 Å². The summed E-state index contributed by atoms with van der Waals surface area (Å²) in [5.41, 5.74) is 0. The maximum Gasteiger partial charge on any atom is 0.327 e. The van der Waals surface area contributed by atoms with E-state index in [4.69, 9.17) is 13.1 Å². The lowest BCUT2D eigenvalue weighted by Crippen LogP contribution is -2.39. The van der Waals surface area contributed by atoms with Crippen molar-refractivity contribution in [3.05, 3.63) is 84.9 Å². The van der Waals surface area contributed by atoms with Crippen LogP contribution in [0.25, 0.3) is 0 Å². The third-order valence-electron chi connectivity index (χ3n) is 8.58. The summed E-state index contributed by atoms with van der Waals surface area (Å²) in [5.74, 6) is -1.84. The van der Waals surface area contributed by atoms with Gasteiger partial charge in [0.1, 0.15) is 12.2 Å². The second-order valence-electron chi connectivity index (χ2n) is 12.1. The molecule has 2 fully saturated rings. The van der Waals surface area contributed by atoms with E-state index in [0.29, 0.717) is 40.4 Å². The lowest BCUT2D eigenvalue weighted by Gasteiger charge is -2.40. The Morgan fingerprint density at radius 2 is 1.04 bits per heavy atom. The number of carbonyl (C=O) groups is 2. The summed E-state index contributed by atoms with van der Waals surface area (Å²) in [6.45, 7) is 0. The molecule has 1 unspecified atom stereocenters. The molecule has 3 aromatic rings. The molecule has 1 atom stereocenters. The summed E-state index contributed by atoms with van der Waals surface area (Å²) < 4.78 is 71.6. The summed E-state index contributed by atoms with van der Waals surface area (Å²) in [7, 11) is -11.6. The zero-order chi connectivity index (χ0) is 33.5. The molecule has 0 spiro atoms. The van der Waals surface area contributed by atoms with Crippen LogP contribution in [-0.2, 0) is 42.6 Å². The minimum absolute atomic E-state index is 0.0536. The maximum atomic E-state index is 14.6. The Morgan fingerprint density at radius 1 is 0.617 bits per heavy atom. The van der Waals surface area contributed by atoms with Gasteiger partial charge in [0.2, 0.25) is 0 Å². The topological polar surface area (TPSA) is 130 Å². The van der Waals surface area contributed by atoms with Crippen LogP contribution in [-0.4, -0.2) is 52.5 Å². The van der Waals surface area contributed by atoms with Crippen LogP contribution in [0.2, 0.25) is 0 Å². The number of benzene rings is 3. The fraction of sp³-hybridized carbons (Fsp3) is 0.429. The lowest BCUT2D eigenvalue weighted by atomic mass is 9.98. The van der Waals surface area contributed by atoms with Gasteiger partial charge in [-0.05, 0) is 110 Å². The summed E-state index contributed by atoms with van der Waals surface area (Å²) in [6.07, 6.45) is 7.72. The first-order chi connectivity index (χ1) is 22.5. The van der Waals surface area contributed by atoms with Gasteiger partial charge in [-0.3, -0.25) is 9.59 Å². The van der Waals surface area contributed by atoms with Crippen molar-refractivity contribution in [2.24, 2.45) is 0 Å². The fourth-order valence-corrected chi connectivity index (χ4v) is 12.3. The quantitative estimate of drug-likeness (QED) is 0.181. The van der Waals surface area contributed by atoms with Crippen molar-refractivity contribution in [2.75, 3.05) is 6.26 Å². The van der Waals surface area contributed by atoms with E-state index in [1.807, 2.05) is 0 Å². The molecule has 2 aliphatic rings. The fourth-order valence-electron chi connectivity index (χ4n) is 6.11. The second kappa shape index (κ2) is 15.4. The van der Waals surface area contributed by atoms with Crippen LogP contribution in [0.3, 0.4) is 0 Å². The van der Waals surface area contributed by atoms with Gasteiger partial charge in [0.15, 0.2) is 15.1 Å². The molecule has 0 radical (unpaired) electrons. The zero-order valence-electron chi connectivity index (χ0n) is 26.5. The third kappa shape index (κ3) is 8.65. The molecule has 3 aromatic carbocycles. The number of sulfone groups is 1. The van der Waals surface area contributed by atoms with Crippen molar-refractivity contribution in [1.29, 1.82) is 0 Å². The Kier molecular flexibility index (Phi) is 11.5. The minimum Gasteiger partial charge on any atom is -0.462 e. The van der Waals surface area contributed by atoms with Crippen LogP contribution >= 0.6 is 10.3 Å². The molecule has 0 N–H and O–H groups in total.